The number of halogens is 2. The first-order chi connectivity index (χ1) is 10.4. The van der Waals surface area contributed by atoms with E-state index in [0.29, 0.717) is 6.54 Å². The number of nitrogens with zero attached hydrogens (tertiary/aromatic N) is 3. The largest absolute Gasteiger partial charge is 0.325 e. The molecule has 0 aliphatic carbocycles. The Hall–Kier alpha value is -1.68. The van der Waals surface area contributed by atoms with Crippen LogP contribution in [0.25, 0.3) is 0 Å². The Labute approximate surface area is 144 Å². The molecule has 116 valence electrons. The lowest BCUT2D eigenvalue weighted by Crippen LogP contribution is -2.15. The molecule has 1 N–H and O–H groups in total. The number of anilines is 1. The lowest BCUT2D eigenvalue weighted by atomic mass is 10.2. The van der Waals surface area contributed by atoms with Gasteiger partial charge in [0.25, 0.3) is 5.69 Å². The number of nitro benzene ring substituents is 1. The fourth-order valence-corrected chi connectivity index (χ4v) is 2.35. The molecule has 0 atom stereocenters. The summed E-state index contributed by atoms with van der Waals surface area (Å²) in [6.07, 6.45) is 2.04. The van der Waals surface area contributed by atoms with Gasteiger partial charge in [-0.2, -0.15) is 5.10 Å². The monoisotopic (exact) mass is 434 g/mol. The predicted octanol–water partition coefficient (Wildman–Crippen LogP) is 3.39. The Balaban J connectivity index is 2.00. The van der Waals surface area contributed by atoms with E-state index in [-0.39, 0.29) is 28.7 Å². The summed E-state index contributed by atoms with van der Waals surface area (Å²) in [6, 6.07) is 3.90. The first-order valence-electron chi connectivity index (χ1n) is 6.30. The number of amides is 1. The SMILES string of the molecule is Cc1nn(CCC(=O)Nc2cc([N+](=O)[O-])ccc2Cl)cc1I. The van der Waals surface area contributed by atoms with Crippen LogP contribution in [0, 0.1) is 20.6 Å². The minimum Gasteiger partial charge on any atom is -0.325 e. The molecule has 0 spiro atoms. The van der Waals surface area contributed by atoms with Crippen LogP contribution in [0.2, 0.25) is 5.02 Å². The fraction of sp³-hybridized carbons (Fsp3) is 0.231. The molecule has 0 fully saturated rings. The van der Waals surface area contributed by atoms with Crippen molar-refractivity contribution >= 4 is 51.5 Å². The number of hydrogen-bond acceptors (Lipinski definition) is 4. The minimum atomic E-state index is -0.541. The molecule has 22 heavy (non-hydrogen) atoms. The number of aromatic nitrogens is 2. The van der Waals surface area contributed by atoms with E-state index in [1.165, 1.54) is 18.2 Å². The zero-order chi connectivity index (χ0) is 16.3. The van der Waals surface area contributed by atoms with Crippen LogP contribution < -0.4 is 5.32 Å². The maximum atomic E-state index is 11.9. The van der Waals surface area contributed by atoms with Crippen molar-refractivity contribution in [2.45, 2.75) is 19.9 Å². The highest BCUT2D eigenvalue weighted by molar-refractivity contribution is 14.1. The smallest absolute Gasteiger partial charge is 0.271 e. The number of nitro groups is 1. The molecule has 2 rings (SSSR count). The standard InChI is InChI=1S/C13H12ClIN4O3/c1-8-11(15)7-18(17-8)5-4-13(20)16-12-6-9(19(21)22)2-3-10(12)14/h2-3,6-7H,4-5H2,1H3,(H,16,20). The number of non-ortho nitro benzene ring substituents is 1. The molecule has 1 aromatic heterocycles. The van der Waals surface area contributed by atoms with E-state index in [1.54, 1.807) is 4.68 Å². The van der Waals surface area contributed by atoms with Crippen LogP contribution in [0.1, 0.15) is 12.1 Å². The lowest BCUT2D eigenvalue weighted by Gasteiger charge is -2.07. The summed E-state index contributed by atoms with van der Waals surface area (Å²) in [7, 11) is 0. The highest BCUT2D eigenvalue weighted by Crippen LogP contribution is 2.26. The van der Waals surface area contributed by atoms with E-state index in [9.17, 15) is 14.9 Å². The van der Waals surface area contributed by atoms with Gasteiger partial charge >= 0.3 is 0 Å². The molecule has 0 unspecified atom stereocenters. The molecular weight excluding hydrogens is 423 g/mol. The van der Waals surface area contributed by atoms with E-state index < -0.39 is 4.92 Å². The van der Waals surface area contributed by atoms with E-state index in [4.69, 9.17) is 11.6 Å². The Morgan fingerprint density at radius 2 is 2.27 bits per heavy atom. The third-order valence-corrected chi connectivity index (χ3v) is 4.28. The Bertz CT molecular complexity index is 713. The molecule has 9 heteroatoms. The summed E-state index contributed by atoms with van der Waals surface area (Å²) in [5.41, 5.74) is 1.01. The van der Waals surface area contributed by atoms with Crippen LogP contribution in [0.3, 0.4) is 0 Å². The number of carbonyl (C=O) groups excluding carboxylic acids is 1. The third-order valence-electron chi connectivity index (χ3n) is 2.89. The van der Waals surface area contributed by atoms with Crippen molar-refractivity contribution in [2.24, 2.45) is 0 Å². The van der Waals surface area contributed by atoms with Gasteiger partial charge in [-0.1, -0.05) is 11.6 Å². The molecule has 0 saturated carbocycles. The highest BCUT2D eigenvalue weighted by atomic mass is 127. The summed E-state index contributed by atoms with van der Waals surface area (Å²) in [6.45, 7) is 2.31. The number of rotatable bonds is 5. The first kappa shape index (κ1) is 16.7. The Morgan fingerprint density at radius 3 is 2.86 bits per heavy atom. The van der Waals surface area contributed by atoms with Gasteiger partial charge in [0.1, 0.15) is 0 Å². The first-order valence-corrected chi connectivity index (χ1v) is 7.76. The van der Waals surface area contributed by atoms with E-state index in [0.717, 1.165) is 9.26 Å². The van der Waals surface area contributed by atoms with Gasteiger partial charge in [-0.25, -0.2) is 0 Å². The molecule has 2 aromatic rings. The molecule has 0 aliphatic heterocycles. The molecule has 0 bridgehead atoms. The molecule has 1 amide bonds. The topological polar surface area (TPSA) is 90.1 Å². The van der Waals surface area contributed by atoms with Gasteiger partial charge in [0.2, 0.25) is 5.91 Å². The van der Waals surface area contributed by atoms with Crippen LogP contribution >= 0.6 is 34.2 Å². The molecule has 0 saturated heterocycles. The fourth-order valence-electron chi connectivity index (χ4n) is 1.76. The van der Waals surface area contributed by atoms with Crippen molar-refractivity contribution < 1.29 is 9.72 Å². The number of nitrogens with one attached hydrogen (secondary N) is 1. The van der Waals surface area contributed by atoms with Gasteiger partial charge in [0.15, 0.2) is 0 Å². The quantitative estimate of drug-likeness (QED) is 0.444. The summed E-state index contributed by atoms with van der Waals surface area (Å²) < 4.78 is 2.71. The van der Waals surface area contributed by atoms with Crippen molar-refractivity contribution in [1.82, 2.24) is 9.78 Å². The van der Waals surface area contributed by atoms with Crippen LogP contribution in [-0.2, 0) is 11.3 Å². The summed E-state index contributed by atoms with van der Waals surface area (Å²) >= 11 is 8.10. The van der Waals surface area contributed by atoms with Crippen molar-refractivity contribution in [3.63, 3.8) is 0 Å². The molecule has 7 nitrogen and oxygen atoms in total. The van der Waals surface area contributed by atoms with Crippen LogP contribution in [-0.4, -0.2) is 20.6 Å². The van der Waals surface area contributed by atoms with Gasteiger partial charge in [-0.3, -0.25) is 19.6 Å². The van der Waals surface area contributed by atoms with Crippen LogP contribution in [0.4, 0.5) is 11.4 Å². The average molecular weight is 435 g/mol. The molecular formula is C13H12ClIN4O3. The number of carbonyl (C=O) groups is 1. The molecule has 1 aromatic carbocycles. The van der Waals surface area contributed by atoms with Crippen molar-refractivity contribution in [3.05, 3.63) is 48.8 Å². The Kier molecular flexibility index (Phi) is 5.35. The van der Waals surface area contributed by atoms with Crippen molar-refractivity contribution in [1.29, 1.82) is 0 Å². The van der Waals surface area contributed by atoms with Gasteiger partial charge in [0, 0.05) is 31.3 Å². The zero-order valence-electron chi connectivity index (χ0n) is 11.5. The Morgan fingerprint density at radius 1 is 1.55 bits per heavy atom. The second-order valence-electron chi connectivity index (χ2n) is 4.54. The van der Waals surface area contributed by atoms with E-state index in [2.05, 4.69) is 33.0 Å². The number of benzene rings is 1. The van der Waals surface area contributed by atoms with Gasteiger partial charge in [-0.05, 0) is 35.6 Å². The van der Waals surface area contributed by atoms with Gasteiger partial charge in [-0.15, -0.1) is 0 Å². The van der Waals surface area contributed by atoms with Crippen molar-refractivity contribution in [2.75, 3.05) is 5.32 Å². The van der Waals surface area contributed by atoms with Gasteiger partial charge in [0.05, 0.1) is 24.9 Å². The summed E-state index contributed by atoms with van der Waals surface area (Å²) in [5, 5.41) is 17.8. The van der Waals surface area contributed by atoms with E-state index >= 15 is 0 Å². The normalized spacial score (nSPS) is 10.5. The zero-order valence-corrected chi connectivity index (χ0v) is 14.5. The number of aryl methyl sites for hydroxylation is 2. The second kappa shape index (κ2) is 7.05. The summed E-state index contributed by atoms with van der Waals surface area (Å²) in [5.74, 6) is -0.287. The minimum absolute atomic E-state index is 0.128. The number of hydrogen-bond donors (Lipinski definition) is 1. The molecule has 0 aliphatic rings. The van der Waals surface area contributed by atoms with E-state index in [1.807, 2.05) is 13.1 Å². The molecule has 1 heterocycles. The van der Waals surface area contributed by atoms with Crippen molar-refractivity contribution in [3.8, 4) is 0 Å². The predicted molar refractivity (Wildman–Crippen MR) is 91.0 cm³/mol. The second-order valence-corrected chi connectivity index (χ2v) is 6.11. The maximum Gasteiger partial charge on any atom is 0.271 e. The van der Waals surface area contributed by atoms with Gasteiger partial charge < -0.3 is 5.32 Å². The maximum absolute atomic E-state index is 11.9. The third kappa shape index (κ3) is 4.17. The van der Waals surface area contributed by atoms with Crippen LogP contribution in [0.5, 0.6) is 0 Å². The molecule has 0 radical (unpaired) electrons. The summed E-state index contributed by atoms with van der Waals surface area (Å²) in [4.78, 5) is 22.1. The highest BCUT2D eigenvalue weighted by Gasteiger charge is 2.12. The average Bonchev–Trinajstić information content (AvgIpc) is 2.78. The van der Waals surface area contributed by atoms with Crippen LogP contribution in [0.15, 0.2) is 24.4 Å². The lowest BCUT2D eigenvalue weighted by molar-refractivity contribution is -0.384.